The fourth-order valence-corrected chi connectivity index (χ4v) is 2.99. The molecule has 0 bridgehead atoms. The second-order valence-electron chi connectivity index (χ2n) is 5.50. The van der Waals surface area contributed by atoms with Crippen LogP contribution in [0.15, 0.2) is 29.2 Å². The van der Waals surface area contributed by atoms with Gasteiger partial charge < -0.3 is 9.64 Å². The average Bonchev–Trinajstić information content (AvgIpc) is 2.91. The number of hydrogen-bond acceptors (Lipinski definition) is 4. The Balaban J connectivity index is 1.92. The van der Waals surface area contributed by atoms with E-state index in [0.717, 1.165) is 25.0 Å². The standard InChI is InChI=1S/C15H21NO4S/c1-16(11-13-4-3-9-20-13)15(17)10-12-5-7-14(8-6-12)21(2,18)19/h5-8,13H,3-4,9-11H2,1-2H3/t13-/m1/s1. The van der Waals surface area contributed by atoms with Gasteiger partial charge in [-0.05, 0) is 30.5 Å². The normalized spacial score (nSPS) is 18.7. The molecule has 1 aromatic carbocycles. The Morgan fingerprint density at radius 2 is 2.00 bits per heavy atom. The van der Waals surface area contributed by atoms with Gasteiger partial charge in [-0.25, -0.2) is 8.42 Å². The fourth-order valence-electron chi connectivity index (χ4n) is 2.36. The summed E-state index contributed by atoms with van der Waals surface area (Å²) in [5.41, 5.74) is 0.812. The van der Waals surface area contributed by atoms with Crippen LogP contribution in [0.2, 0.25) is 0 Å². The summed E-state index contributed by atoms with van der Waals surface area (Å²) in [6.07, 6.45) is 3.64. The third-order valence-corrected chi connectivity index (χ3v) is 4.76. The lowest BCUT2D eigenvalue weighted by Crippen LogP contribution is -2.35. The Kier molecular flexibility index (Phi) is 5.00. The van der Waals surface area contributed by atoms with Crippen molar-refractivity contribution in [1.29, 1.82) is 0 Å². The lowest BCUT2D eigenvalue weighted by molar-refractivity contribution is -0.130. The first-order chi connectivity index (χ1) is 9.86. The molecular weight excluding hydrogens is 290 g/mol. The molecule has 2 rings (SSSR count). The van der Waals surface area contributed by atoms with Crippen LogP contribution in [0.1, 0.15) is 18.4 Å². The number of sulfone groups is 1. The summed E-state index contributed by atoms with van der Waals surface area (Å²) in [4.78, 5) is 14.1. The highest BCUT2D eigenvalue weighted by Crippen LogP contribution is 2.14. The SMILES string of the molecule is CN(C[C@H]1CCCO1)C(=O)Cc1ccc(S(C)(=O)=O)cc1. The lowest BCUT2D eigenvalue weighted by Gasteiger charge is -2.20. The summed E-state index contributed by atoms with van der Waals surface area (Å²) in [5.74, 6) is 0.0117. The zero-order valence-corrected chi connectivity index (χ0v) is 13.2. The summed E-state index contributed by atoms with van der Waals surface area (Å²) in [6.45, 7) is 1.39. The molecule has 1 heterocycles. The van der Waals surface area contributed by atoms with Gasteiger partial charge in [0.1, 0.15) is 0 Å². The highest BCUT2D eigenvalue weighted by atomic mass is 32.2. The second kappa shape index (κ2) is 6.58. The summed E-state index contributed by atoms with van der Waals surface area (Å²) < 4.78 is 28.3. The van der Waals surface area contributed by atoms with Gasteiger partial charge >= 0.3 is 0 Å². The van der Waals surface area contributed by atoms with Gasteiger partial charge in [0, 0.05) is 26.5 Å². The van der Waals surface area contributed by atoms with Crippen molar-refractivity contribution in [3.63, 3.8) is 0 Å². The second-order valence-corrected chi connectivity index (χ2v) is 7.52. The number of benzene rings is 1. The first-order valence-electron chi connectivity index (χ1n) is 7.01. The highest BCUT2D eigenvalue weighted by Gasteiger charge is 2.20. The first kappa shape index (κ1) is 16.0. The third kappa shape index (κ3) is 4.54. The Morgan fingerprint density at radius 3 is 2.52 bits per heavy atom. The van der Waals surface area contributed by atoms with Crippen molar-refractivity contribution in [2.45, 2.75) is 30.3 Å². The van der Waals surface area contributed by atoms with Gasteiger partial charge in [-0.15, -0.1) is 0 Å². The van der Waals surface area contributed by atoms with E-state index in [0.29, 0.717) is 6.54 Å². The van der Waals surface area contributed by atoms with E-state index in [-0.39, 0.29) is 23.3 Å². The molecule has 0 aliphatic carbocycles. The van der Waals surface area contributed by atoms with E-state index in [2.05, 4.69) is 0 Å². The average molecular weight is 311 g/mol. The Bertz CT molecular complexity index is 589. The van der Waals surface area contributed by atoms with E-state index in [1.807, 2.05) is 0 Å². The number of rotatable bonds is 5. The van der Waals surface area contributed by atoms with Crippen LogP contribution in [-0.4, -0.2) is 51.8 Å². The fraction of sp³-hybridized carbons (Fsp3) is 0.533. The Morgan fingerprint density at radius 1 is 1.33 bits per heavy atom. The molecule has 1 amide bonds. The summed E-state index contributed by atoms with van der Waals surface area (Å²) in [7, 11) is -1.42. The molecule has 0 saturated carbocycles. The number of nitrogens with zero attached hydrogens (tertiary/aromatic N) is 1. The molecule has 1 aliphatic rings. The molecule has 0 radical (unpaired) electrons. The van der Waals surface area contributed by atoms with Crippen LogP contribution in [0.4, 0.5) is 0 Å². The van der Waals surface area contributed by atoms with E-state index >= 15 is 0 Å². The molecule has 1 aliphatic heterocycles. The monoisotopic (exact) mass is 311 g/mol. The lowest BCUT2D eigenvalue weighted by atomic mass is 10.1. The maximum absolute atomic E-state index is 12.1. The van der Waals surface area contributed by atoms with Crippen molar-refractivity contribution in [1.82, 2.24) is 4.90 Å². The van der Waals surface area contributed by atoms with Crippen molar-refractivity contribution in [2.75, 3.05) is 26.5 Å². The zero-order chi connectivity index (χ0) is 15.5. The molecule has 1 atom stereocenters. The predicted octanol–water partition coefficient (Wildman–Crippen LogP) is 1.27. The largest absolute Gasteiger partial charge is 0.376 e. The van der Waals surface area contributed by atoms with Crippen LogP contribution in [0.5, 0.6) is 0 Å². The van der Waals surface area contributed by atoms with Crippen molar-refractivity contribution in [2.24, 2.45) is 0 Å². The van der Waals surface area contributed by atoms with Gasteiger partial charge in [-0.1, -0.05) is 12.1 Å². The molecule has 0 unspecified atom stereocenters. The van der Waals surface area contributed by atoms with E-state index in [1.165, 1.54) is 18.4 Å². The first-order valence-corrected chi connectivity index (χ1v) is 8.90. The minimum Gasteiger partial charge on any atom is -0.376 e. The van der Waals surface area contributed by atoms with Gasteiger partial charge in [0.05, 0.1) is 17.4 Å². The number of ether oxygens (including phenoxy) is 1. The quantitative estimate of drug-likeness (QED) is 0.821. The van der Waals surface area contributed by atoms with E-state index in [4.69, 9.17) is 4.74 Å². The molecule has 1 saturated heterocycles. The molecule has 0 aromatic heterocycles. The van der Waals surface area contributed by atoms with E-state index < -0.39 is 9.84 Å². The number of amides is 1. The van der Waals surface area contributed by atoms with Crippen LogP contribution in [0.3, 0.4) is 0 Å². The van der Waals surface area contributed by atoms with Crippen molar-refractivity contribution in [3.8, 4) is 0 Å². The molecule has 116 valence electrons. The Hall–Kier alpha value is -1.40. The minimum absolute atomic E-state index is 0.0117. The molecule has 6 heteroatoms. The highest BCUT2D eigenvalue weighted by molar-refractivity contribution is 7.90. The topological polar surface area (TPSA) is 63.7 Å². The van der Waals surface area contributed by atoms with Crippen LogP contribution in [0.25, 0.3) is 0 Å². The number of carbonyl (C=O) groups excluding carboxylic acids is 1. The molecule has 21 heavy (non-hydrogen) atoms. The molecule has 0 spiro atoms. The smallest absolute Gasteiger partial charge is 0.226 e. The summed E-state index contributed by atoms with van der Waals surface area (Å²) in [6, 6.07) is 6.46. The van der Waals surface area contributed by atoms with Crippen LogP contribution >= 0.6 is 0 Å². The molecular formula is C15H21NO4S. The molecule has 5 nitrogen and oxygen atoms in total. The van der Waals surface area contributed by atoms with Gasteiger partial charge in [0.25, 0.3) is 0 Å². The molecule has 0 N–H and O–H groups in total. The third-order valence-electron chi connectivity index (χ3n) is 3.63. The van der Waals surface area contributed by atoms with Crippen molar-refractivity contribution < 1.29 is 17.9 Å². The van der Waals surface area contributed by atoms with Gasteiger partial charge in [-0.3, -0.25) is 4.79 Å². The van der Waals surface area contributed by atoms with Crippen LogP contribution in [0, 0.1) is 0 Å². The van der Waals surface area contributed by atoms with E-state index in [1.54, 1.807) is 24.1 Å². The van der Waals surface area contributed by atoms with Crippen molar-refractivity contribution in [3.05, 3.63) is 29.8 Å². The predicted molar refractivity (Wildman–Crippen MR) is 79.9 cm³/mol. The van der Waals surface area contributed by atoms with Crippen LogP contribution < -0.4 is 0 Å². The van der Waals surface area contributed by atoms with Crippen molar-refractivity contribution >= 4 is 15.7 Å². The summed E-state index contributed by atoms with van der Waals surface area (Å²) in [5, 5.41) is 0. The minimum atomic E-state index is -3.19. The number of hydrogen-bond donors (Lipinski definition) is 0. The summed E-state index contributed by atoms with van der Waals surface area (Å²) >= 11 is 0. The number of carbonyl (C=O) groups is 1. The number of likely N-dealkylation sites (N-methyl/N-ethyl adjacent to an activating group) is 1. The van der Waals surface area contributed by atoms with E-state index in [9.17, 15) is 13.2 Å². The van der Waals surface area contributed by atoms with Gasteiger partial charge in [-0.2, -0.15) is 0 Å². The van der Waals surface area contributed by atoms with Gasteiger partial charge in [0.15, 0.2) is 9.84 Å². The maximum atomic E-state index is 12.1. The Labute approximate surface area is 125 Å². The van der Waals surface area contributed by atoms with Gasteiger partial charge in [0.2, 0.25) is 5.91 Å². The maximum Gasteiger partial charge on any atom is 0.226 e. The molecule has 1 aromatic rings. The molecule has 1 fully saturated rings. The van der Waals surface area contributed by atoms with Crippen LogP contribution in [-0.2, 0) is 25.8 Å². The zero-order valence-electron chi connectivity index (χ0n) is 12.4.